The normalized spacial score (nSPS) is 37.1. The minimum absolute atomic E-state index is 0.883. The Morgan fingerprint density at radius 2 is 1.84 bits per heavy atom. The van der Waals surface area contributed by atoms with Gasteiger partial charge in [0.1, 0.15) is 0 Å². The number of rotatable bonds is 5. The molecule has 1 N–H and O–H groups in total. The first-order valence-corrected chi connectivity index (χ1v) is 8.71. The lowest BCUT2D eigenvalue weighted by Gasteiger charge is -2.44. The quantitative estimate of drug-likeness (QED) is 0.820. The van der Waals surface area contributed by atoms with Crippen molar-refractivity contribution in [3.05, 3.63) is 0 Å². The molecule has 1 aliphatic heterocycles. The highest BCUT2D eigenvalue weighted by Crippen LogP contribution is 2.35. The largest absolute Gasteiger partial charge is 0.314 e. The molecule has 0 radical (unpaired) electrons. The molecule has 3 atom stereocenters. The van der Waals surface area contributed by atoms with Crippen LogP contribution in [0.3, 0.4) is 0 Å². The summed E-state index contributed by atoms with van der Waals surface area (Å²) in [7, 11) is 0. The second-order valence-corrected chi connectivity index (χ2v) is 7.56. The van der Waals surface area contributed by atoms with Crippen LogP contribution >= 0.6 is 0 Å². The van der Waals surface area contributed by atoms with Crippen LogP contribution in [0.4, 0.5) is 0 Å². The minimum Gasteiger partial charge on any atom is -0.314 e. The summed E-state index contributed by atoms with van der Waals surface area (Å²) in [5.41, 5.74) is 0. The van der Waals surface area contributed by atoms with E-state index in [1.54, 1.807) is 0 Å². The van der Waals surface area contributed by atoms with Crippen molar-refractivity contribution in [2.45, 2.75) is 70.9 Å². The summed E-state index contributed by atoms with van der Waals surface area (Å²) >= 11 is 0. The molecular weight excluding hydrogens is 232 g/mol. The highest BCUT2D eigenvalue weighted by Gasteiger charge is 2.37. The SMILES string of the molecule is CC(C)C1CCCN(C2CCC2CNC2CC2)CC1. The molecule has 0 aromatic carbocycles. The van der Waals surface area contributed by atoms with Gasteiger partial charge in [0.25, 0.3) is 0 Å². The first-order valence-electron chi connectivity index (χ1n) is 8.71. The number of nitrogens with one attached hydrogen (secondary N) is 1. The fraction of sp³-hybridized carbons (Fsp3) is 1.00. The van der Waals surface area contributed by atoms with Gasteiger partial charge in [-0.15, -0.1) is 0 Å². The maximum atomic E-state index is 3.74. The van der Waals surface area contributed by atoms with E-state index in [2.05, 4.69) is 24.1 Å². The Morgan fingerprint density at radius 3 is 2.47 bits per heavy atom. The van der Waals surface area contributed by atoms with Crippen LogP contribution in [0.5, 0.6) is 0 Å². The van der Waals surface area contributed by atoms with E-state index in [0.717, 1.165) is 29.8 Å². The Morgan fingerprint density at radius 1 is 1.00 bits per heavy atom. The van der Waals surface area contributed by atoms with E-state index >= 15 is 0 Å². The third-order valence-corrected chi connectivity index (χ3v) is 5.84. The van der Waals surface area contributed by atoms with Crippen LogP contribution in [-0.4, -0.2) is 36.6 Å². The molecule has 0 spiro atoms. The van der Waals surface area contributed by atoms with Gasteiger partial charge in [-0.05, 0) is 82.3 Å². The third-order valence-electron chi connectivity index (χ3n) is 5.84. The molecule has 0 aromatic rings. The Balaban J connectivity index is 1.45. The van der Waals surface area contributed by atoms with Gasteiger partial charge < -0.3 is 10.2 Å². The number of likely N-dealkylation sites (tertiary alicyclic amines) is 1. The molecule has 2 saturated carbocycles. The van der Waals surface area contributed by atoms with Crippen molar-refractivity contribution in [2.24, 2.45) is 17.8 Å². The van der Waals surface area contributed by atoms with Crippen molar-refractivity contribution in [2.75, 3.05) is 19.6 Å². The van der Waals surface area contributed by atoms with Crippen molar-refractivity contribution in [3.63, 3.8) is 0 Å². The van der Waals surface area contributed by atoms with E-state index in [9.17, 15) is 0 Å². The van der Waals surface area contributed by atoms with Gasteiger partial charge in [0.2, 0.25) is 0 Å². The standard InChI is InChI=1S/C17H32N2/c1-13(2)14-4-3-10-19(11-9-14)17-8-5-15(17)12-18-16-6-7-16/h13-18H,3-12H2,1-2H3. The zero-order valence-corrected chi connectivity index (χ0v) is 12.9. The summed E-state index contributed by atoms with van der Waals surface area (Å²) in [6.45, 7) is 8.85. The second-order valence-electron chi connectivity index (χ2n) is 7.56. The van der Waals surface area contributed by atoms with Crippen LogP contribution in [0.1, 0.15) is 58.8 Å². The molecule has 0 bridgehead atoms. The number of hydrogen-bond acceptors (Lipinski definition) is 2. The van der Waals surface area contributed by atoms with Crippen LogP contribution in [0.25, 0.3) is 0 Å². The summed E-state index contributed by atoms with van der Waals surface area (Å²) < 4.78 is 0. The van der Waals surface area contributed by atoms with Gasteiger partial charge in [0.05, 0.1) is 0 Å². The zero-order valence-electron chi connectivity index (χ0n) is 12.9. The Hall–Kier alpha value is -0.0800. The van der Waals surface area contributed by atoms with E-state index in [0.29, 0.717) is 0 Å². The summed E-state index contributed by atoms with van der Waals surface area (Å²) in [4.78, 5) is 2.84. The van der Waals surface area contributed by atoms with E-state index in [4.69, 9.17) is 0 Å². The maximum absolute atomic E-state index is 3.74. The highest BCUT2D eigenvalue weighted by molar-refractivity contribution is 4.93. The smallest absolute Gasteiger partial charge is 0.0136 e. The van der Waals surface area contributed by atoms with Crippen molar-refractivity contribution in [1.82, 2.24) is 10.2 Å². The summed E-state index contributed by atoms with van der Waals surface area (Å²) in [5.74, 6) is 2.82. The van der Waals surface area contributed by atoms with Crippen LogP contribution < -0.4 is 5.32 Å². The van der Waals surface area contributed by atoms with E-state index in [1.807, 2.05) is 0 Å². The molecule has 2 heteroatoms. The van der Waals surface area contributed by atoms with Crippen molar-refractivity contribution in [1.29, 1.82) is 0 Å². The van der Waals surface area contributed by atoms with Gasteiger partial charge in [-0.3, -0.25) is 0 Å². The fourth-order valence-corrected chi connectivity index (χ4v) is 4.02. The monoisotopic (exact) mass is 264 g/mol. The average molecular weight is 264 g/mol. The molecule has 0 amide bonds. The predicted molar refractivity (Wildman–Crippen MR) is 81.3 cm³/mol. The van der Waals surface area contributed by atoms with Crippen molar-refractivity contribution >= 4 is 0 Å². The molecule has 3 fully saturated rings. The molecule has 110 valence electrons. The Bertz CT molecular complexity index is 285. The van der Waals surface area contributed by atoms with Gasteiger partial charge in [-0.25, -0.2) is 0 Å². The van der Waals surface area contributed by atoms with Gasteiger partial charge in [-0.1, -0.05) is 13.8 Å². The number of hydrogen-bond donors (Lipinski definition) is 1. The Kier molecular flexibility index (Phi) is 4.48. The average Bonchev–Trinajstić information content (AvgIpc) is 3.14. The molecule has 3 aliphatic rings. The fourth-order valence-electron chi connectivity index (χ4n) is 4.02. The lowest BCUT2D eigenvalue weighted by Crippen LogP contribution is -2.51. The summed E-state index contributed by atoms with van der Waals surface area (Å²) in [5, 5.41) is 3.74. The maximum Gasteiger partial charge on any atom is 0.0136 e. The molecule has 3 unspecified atom stereocenters. The van der Waals surface area contributed by atoms with E-state index < -0.39 is 0 Å². The van der Waals surface area contributed by atoms with Crippen LogP contribution in [-0.2, 0) is 0 Å². The predicted octanol–water partition coefficient (Wildman–Crippen LogP) is 3.28. The molecule has 2 aliphatic carbocycles. The Labute approximate surface area is 119 Å². The summed E-state index contributed by atoms with van der Waals surface area (Å²) in [6.07, 6.45) is 10.1. The third kappa shape index (κ3) is 3.52. The van der Waals surface area contributed by atoms with Gasteiger partial charge >= 0.3 is 0 Å². The van der Waals surface area contributed by atoms with Gasteiger partial charge in [0.15, 0.2) is 0 Å². The minimum atomic E-state index is 0.883. The van der Waals surface area contributed by atoms with Crippen LogP contribution in [0.2, 0.25) is 0 Å². The molecule has 0 aromatic heterocycles. The molecule has 1 heterocycles. The van der Waals surface area contributed by atoms with Crippen LogP contribution in [0.15, 0.2) is 0 Å². The highest BCUT2D eigenvalue weighted by atomic mass is 15.2. The molecular formula is C17H32N2. The van der Waals surface area contributed by atoms with Crippen LogP contribution in [0, 0.1) is 17.8 Å². The second kappa shape index (κ2) is 6.13. The van der Waals surface area contributed by atoms with E-state index in [-0.39, 0.29) is 0 Å². The van der Waals surface area contributed by atoms with E-state index in [1.165, 1.54) is 64.6 Å². The van der Waals surface area contributed by atoms with Crippen molar-refractivity contribution < 1.29 is 0 Å². The molecule has 19 heavy (non-hydrogen) atoms. The first kappa shape index (κ1) is 13.9. The topological polar surface area (TPSA) is 15.3 Å². The first-order chi connectivity index (χ1) is 9.24. The van der Waals surface area contributed by atoms with Crippen molar-refractivity contribution in [3.8, 4) is 0 Å². The number of nitrogens with zero attached hydrogens (tertiary/aromatic N) is 1. The zero-order chi connectivity index (χ0) is 13.2. The van der Waals surface area contributed by atoms with Gasteiger partial charge in [-0.2, -0.15) is 0 Å². The lowest BCUT2D eigenvalue weighted by atomic mass is 9.78. The van der Waals surface area contributed by atoms with Gasteiger partial charge in [0, 0.05) is 12.1 Å². The molecule has 2 nitrogen and oxygen atoms in total. The lowest BCUT2D eigenvalue weighted by molar-refractivity contribution is 0.0630. The molecule has 3 rings (SSSR count). The summed E-state index contributed by atoms with van der Waals surface area (Å²) in [6, 6.07) is 1.80. The molecule has 1 saturated heterocycles.